The molecule has 0 aliphatic rings. The normalized spacial score (nSPS) is 11.5. The Hall–Kier alpha value is -3.59. The third kappa shape index (κ3) is 4.20. The molecule has 0 unspecified atom stereocenters. The smallest absolute Gasteiger partial charge is 0.258 e. The largest absolute Gasteiger partial charge is 0.298 e. The zero-order valence-corrected chi connectivity index (χ0v) is 17.2. The fourth-order valence-electron chi connectivity index (χ4n) is 3.20. The lowest BCUT2D eigenvalue weighted by Gasteiger charge is -2.07. The van der Waals surface area contributed by atoms with Gasteiger partial charge in [-0.05, 0) is 42.8 Å². The van der Waals surface area contributed by atoms with Gasteiger partial charge in [0.25, 0.3) is 5.91 Å². The minimum absolute atomic E-state index is 0.0707. The summed E-state index contributed by atoms with van der Waals surface area (Å²) in [6, 6.07) is 13.9. The Morgan fingerprint density at radius 1 is 1.07 bits per heavy atom. The molecule has 0 atom stereocenters. The summed E-state index contributed by atoms with van der Waals surface area (Å²) >= 11 is 0. The average Bonchev–Trinajstić information content (AvgIpc) is 3.03. The monoisotopic (exact) mass is 421 g/mol. The van der Waals surface area contributed by atoms with Crippen LogP contribution < -0.4 is 5.32 Å². The first-order valence-corrected chi connectivity index (χ1v) is 11.2. The minimum Gasteiger partial charge on any atom is -0.298 e. The van der Waals surface area contributed by atoms with Gasteiger partial charge in [-0.25, -0.2) is 23.4 Å². The summed E-state index contributed by atoms with van der Waals surface area (Å²) in [5.74, 6) is -0.283. The van der Waals surface area contributed by atoms with Gasteiger partial charge in [-0.3, -0.25) is 14.5 Å². The van der Waals surface area contributed by atoms with Crippen molar-refractivity contribution >= 4 is 27.3 Å². The Morgan fingerprint density at radius 2 is 1.83 bits per heavy atom. The average molecular weight is 421 g/mol. The molecule has 4 rings (SSSR count). The number of hydrogen-bond donors (Lipinski definition) is 1. The molecule has 1 N–H and O–H groups in total. The molecule has 0 spiro atoms. The zero-order chi connectivity index (χ0) is 21.3. The van der Waals surface area contributed by atoms with Gasteiger partial charge in [-0.15, -0.1) is 0 Å². The number of carbonyl (C=O) groups excluding carboxylic acids is 1. The highest BCUT2D eigenvalue weighted by Crippen LogP contribution is 2.23. The Balaban J connectivity index is 1.57. The number of fused-ring (bicyclic) bond motifs is 1. The topological polar surface area (TPSA) is 106 Å². The molecule has 0 radical (unpaired) electrons. The highest BCUT2D eigenvalue weighted by atomic mass is 32.2. The summed E-state index contributed by atoms with van der Waals surface area (Å²) in [5.41, 5.74) is 4.10. The van der Waals surface area contributed by atoms with Crippen LogP contribution in [0.4, 0.5) is 5.95 Å². The van der Waals surface area contributed by atoms with Crippen molar-refractivity contribution in [3.8, 4) is 11.4 Å². The van der Waals surface area contributed by atoms with E-state index in [1.165, 1.54) is 6.26 Å². The molecule has 30 heavy (non-hydrogen) atoms. The lowest BCUT2D eigenvalue weighted by atomic mass is 10.1. The number of anilines is 1. The first kappa shape index (κ1) is 19.7. The summed E-state index contributed by atoms with van der Waals surface area (Å²) in [6.45, 7) is 1.90. The molecule has 3 heterocycles. The molecule has 0 bridgehead atoms. The van der Waals surface area contributed by atoms with E-state index >= 15 is 0 Å². The van der Waals surface area contributed by atoms with Crippen LogP contribution in [0.5, 0.6) is 0 Å². The minimum atomic E-state index is -3.13. The molecule has 1 amide bonds. The molecular weight excluding hydrogens is 402 g/mol. The standard InChI is InChI=1S/C21H19N5O3S/c1-14-19(26-12-4-3-5-18(26)23-14)17-10-11-22-21(24-17)25-20(27)16-8-6-15(7-9-16)13-30(2,28)29/h3-12H,13H2,1-2H3,(H,22,24,25,27). The molecule has 8 nitrogen and oxygen atoms in total. The number of carbonyl (C=O) groups is 1. The summed E-state index contributed by atoms with van der Waals surface area (Å²) < 4.78 is 24.7. The number of aryl methyl sites for hydroxylation is 1. The van der Waals surface area contributed by atoms with Crippen LogP contribution in [0, 0.1) is 6.92 Å². The molecule has 9 heteroatoms. The summed E-state index contributed by atoms with van der Waals surface area (Å²) in [5, 5.41) is 2.69. The SMILES string of the molecule is Cc1nc2ccccn2c1-c1ccnc(NC(=O)c2ccc(CS(C)(=O)=O)cc2)n1. The van der Waals surface area contributed by atoms with E-state index < -0.39 is 9.84 Å². The third-order valence-electron chi connectivity index (χ3n) is 4.47. The van der Waals surface area contributed by atoms with Crippen molar-refractivity contribution in [2.75, 3.05) is 11.6 Å². The third-order valence-corrected chi connectivity index (χ3v) is 5.33. The van der Waals surface area contributed by atoms with E-state index in [0.29, 0.717) is 16.8 Å². The Bertz CT molecular complexity index is 1340. The molecule has 0 saturated heterocycles. The second-order valence-electron chi connectivity index (χ2n) is 6.96. The molecule has 0 fully saturated rings. The number of pyridine rings is 1. The highest BCUT2D eigenvalue weighted by molar-refractivity contribution is 7.89. The van der Waals surface area contributed by atoms with Crippen molar-refractivity contribution in [1.82, 2.24) is 19.4 Å². The molecule has 152 valence electrons. The number of hydrogen-bond acceptors (Lipinski definition) is 6. The van der Waals surface area contributed by atoms with E-state index in [-0.39, 0.29) is 17.6 Å². The predicted molar refractivity (Wildman–Crippen MR) is 114 cm³/mol. The fourth-order valence-corrected chi connectivity index (χ4v) is 4.00. The number of nitrogens with one attached hydrogen (secondary N) is 1. The first-order chi connectivity index (χ1) is 14.3. The van der Waals surface area contributed by atoms with Gasteiger partial charge in [0.05, 0.1) is 22.8 Å². The molecular formula is C21H19N5O3S. The number of imidazole rings is 1. The number of aromatic nitrogens is 4. The fraction of sp³-hybridized carbons (Fsp3) is 0.143. The van der Waals surface area contributed by atoms with Crippen LogP contribution >= 0.6 is 0 Å². The maximum Gasteiger partial charge on any atom is 0.258 e. The lowest BCUT2D eigenvalue weighted by Crippen LogP contribution is -2.14. The van der Waals surface area contributed by atoms with Gasteiger partial charge in [0.2, 0.25) is 5.95 Å². The van der Waals surface area contributed by atoms with E-state index in [1.54, 1.807) is 36.5 Å². The predicted octanol–water partition coefficient (Wildman–Crippen LogP) is 2.90. The van der Waals surface area contributed by atoms with Gasteiger partial charge < -0.3 is 0 Å². The Labute approximate surface area is 173 Å². The number of amides is 1. The van der Waals surface area contributed by atoms with E-state index in [9.17, 15) is 13.2 Å². The van der Waals surface area contributed by atoms with Gasteiger partial charge in [-0.2, -0.15) is 0 Å². The number of benzene rings is 1. The van der Waals surface area contributed by atoms with Crippen molar-refractivity contribution < 1.29 is 13.2 Å². The van der Waals surface area contributed by atoms with Crippen LogP contribution in [0.25, 0.3) is 17.0 Å². The van der Waals surface area contributed by atoms with E-state index in [2.05, 4.69) is 20.3 Å². The van der Waals surface area contributed by atoms with Crippen molar-refractivity contribution in [3.05, 3.63) is 77.7 Å². The molecule has 0 aliphatic heterocycles. The molecule has 4 aromatic rings. The van der Waals surface area contributed by atoms with Crippen molar-refractivity contribution in [2.45, 2.75) is 12.7 Å². The lowest BCUT2D eigenvalue weighted by molar-refractivity contribution is 0.102. The maximum atomic E-state index is 12.6. The van der Waals surface area contributed by atoms with Crippen molar-refractivity contribution in [3.63, 3.8) is 0 Å². The number of rotatable bonds is 5. The van der Waals surface area contributed by atoms with Crippen LogP contribution in [0.15, 0.2) is 60.9 Å². The van der Waals surface area contributed by atoms with Crippen LogP contribution in [-0.4, -0.2) is 39.9 Å². The van der Waals surface area contributed by atoms with Gasteiger partial charge >= 0.3 is 0 Å². The summed E-state index contributed by atoms with van der Waals surface area (Å²) in [4.78, 5) is 25.7. The van der Waals surface area contributed by atoms with Gasteiger partial charge in [0.15, 0.2) is 9.84 Å². The van der Waals surface area contributed by atoms with Crippen molar-refractivity contribution in [1.29, 1.82) is 0 Å². The Morgan fingerprint density at radius 3 is 2.57 bits per heavy atom. The van der Waals surface area contributed by atoms with Crippen LogP contribution in [-0.2, 0) is 15.6 Å². The van der Waals surface area contributed by atoms with Gasteiger partial charge in [0, 0.05) is 24.2 Å². The van der Waals surface area contributed by atoms with Gasteiger partial charge in [0.1, 0.15) is 5.65 Å². The summed E-state index contributed by atoms with van der Waals surface area (Å²) in [6.07, 6.45) is 4.65. The molecule has 3 aromatic heterocycles. The van der Waals surface area contributed by atoms with Crippen LogP contribution in [0.3, 0.4) is 0 Å². The summed E-state index contributed by atoms with van der Waals surface area (Å²) in [7, 11) is -3.13. The second kappa shape index (κ2) is 7.68. The van der Waals surface area contributed by atoms with E-state index in [1.807, 2.05) is 35.7 Å². The highest BCUT2D eigenvalue weighted by Gasteiger charge is 2.14. The zero-order valence-electron chi connectivity index (χ0n) is 16.4. The first-order valence-electron chi connectivity index (χ1n) is 9.15. The van der Waals surface area contributed by atoms with Gasteiger partial charge in [-0.1, -0.05) is 18.2 Å². The number of nitrogens with zero attached hydrogens (tertiary/aromatic N) is 4. The van der Waals surface area contributed by atoms with Crippen LogP contribution in [0.1, 0.15) is 21.6 Å². The quantitative estimate of drug-likeness (QED) is 0.531. The second-order valence-corrected chi connectivity index (χ2v) is 9.10. The Kier molecular flexibility index (Phi) is 5.04. The molecule has 0 saturated carbocycles. The van der Waals surface area contributed by atoms with Crippen molar-refractivity contribution in [2.24, 2.45) is 0 Å². The van der Waals surface area contributed by atoms with E-state index in [0.717, 1.165) is 17.0 Å². The molecule has 1 aromatic carbocycles. The molecule has 0 aliphatic carbocycles. The number of sulfone groups is 1. The van der Waals surface area contributed by atoms with E-state index in [4.69, 9.17) is 0 Å². The maximum absolute atomic E-state index is 12.6. The van der Waals surface area contributed by atoms with Crippen LogP contribution in [0.2, 0.25) is 0 Å².